The van der Waals surface area contributed by atoms with E-state index in [4.69, 9.17) is 31.9 Å². The topological polar surface area (TPSA) is 81.8 Å². The third kappa shape index (κ3) is 1.58. The van der Waals surface area contributed by atoms with Crippen LogP contribution in [0.25, 0.3) is 0 Å². The molecule has 16 heavy (non-hydrogen) atoms. The van der Waals surface area contributed by atoms with E-state index >= 15 is 0 Å². The molecule has 0 bridgehead atoms. The molecule has 0 saturated carbocycles. The second kappa shape index (κ2) is 3.84. The first-order chi connectivity index (χ1) is 7.52. The van der Waals surface area contributed by atoms with Gasteiger partial charge in [-0.3, -0.25) is 4.79 Å². The average Bonchev–Trinajstić information content (AvgIpc) is 2.70. The molecular weight excluding hydrogens is 234 g/mol. The SMILES string of the molecule is Cc1c(Cl)c(C(N)C(=O)O)cc2c1OCO2. The van der Waals surface area contributed by atoms with Gasteiger partial charge in [0, 0.05) is 11.1 Å². The molecule has 1 aromatic rings. The van der Waals surface area contributed by atoms with Crippen LogP contribution in [0.1, 0.15) is 17.2 Å². The fourth-order valence-electron chi connectivity index (χ4n) is 1.57. The van der Waals surface area contributed by atoms with E-state index in [1.54, 1.807) is 6.92 Å². The van der Waals surface area contributed by atoms with E-state index in [-0.39, 0.29) is 6.79 Å². The fourth-order valence-corrected chi connectivity index (χ4v) is 1.83. The van der Waals surface area contributed by atoms with Crippen molar-refractivity contribution in [1.29, 1.82) is 0 Å². The maximum atomic E-state index is 10.8. The molecule has 5 nitrogen and oxygen atoms in total. The summed E-state index contributed by atoms with van der Waals surface area (Å²) in [4.78, 5) is 10.8. The van der Waals surface area contributed by atoms with Crippen LogP contribution in [0.4, 0.5) is 0 Å². The van der Waals surface area contributed by atoms with Crippen molar-refractivity contribution in [3.8, 4) is 11.5 Å². The van der Waals surface area contributed by atoms with E-state index in [2.05, 4.69) is 0 Å². The van der Waals surface area contributed by atoms with Crippen molar-refractivity contribution in [2.75, 3.05) is 6.79 Å². The van der Waals surface area contributed by atoms with Crippen molar-refractivity contribution < 1.29 is 19.4 Å². The van der Waals surface area contributed by atoms with Crippen LogP contribution < -0.4 is 15.2 Å². The number of benzene rings is 1. The van der Waals surface area contributed by atoms with E-state index in [9.17, 15) is 4.79 Å². The minimum absolute atomic E-state index is 0.109. The number of nitrogens with two attached hydrogens (primary N) is 1. The Balaban J connectivity index is 2.56. The zero-order chi connectivity index (χ0) is 11.9. The third-order valence-electron chi connectivity index (χ3n) is 2.45. The van der Waals surface area contributed by atoms with E-state index < -0.39 is 12.0 Å². The maximum absolute atomic E-state index is 10.8. The van der Waals surface area contributed by atoms with E-state index in [0.717, 1.165) is 0 Å². The highest BCUT2D eigenvalue weighted by Gasteiger charge is 2.26. The van der Waals surface area contributed by atoms with Gasteiger partial charge in [0.25, 0.3) is 0 Å². The summed E-state index contributed by atoms with van der Waals surface area (Å²) >= 11 is 6.04. The van der Waals surface area contributed by atoms with E-state index in [0.29, 0.717) is 27.6 Å². The predicted molar refractivity (Wildman–Crippen MR) is 56.9 cm³/mol. The normalized spacial score (nSPS) is 14.9. The number of ether oxygens (including phenoxy) is 2. The van der Waals surface area contributed by atoms with Gasteiger partial charge in [0.15, 0.2) is 11.5 Å². The Hall–Kier alpha value is -1.46. The predicted octanol–water partition coefficient (Wildman–Crippen LogP) is 1.46. The van der Waals surface area contributed by atoms with Gasteiger partial charge in [-0.1, -0.05) is 11.6 Å². The number of hydrogen-bond acceptors (Lipinski definition) is 4. The fraction of sp³-hybridized carbons (Fsp3) is 0.300. The monoisotopic (exact) mass is 243 g/mol. The molecule has 6 heteroatoms. The Labute approximate surface area is 96.7 Å². The van der Waals surface area contributed by atoms with Gasteiger partial charge >= 0.3 is 5.97 Å². The second-order valence-electron chi connectivity index (χ2n) is 3.45. The molecule has 1 atom stereocenters. The minimum Gasteiger partial charge on any atom is -0.480 e. The van der Waals surface area contributed by atoms with Crippen molar-refractivity contribution >= 4 is 17.6 Å². The molecule has 1 heterocycles. The molecule has 3 N–H and O–H groups in total. The zero-order valence-electron chi connectivity index (χ0n) is 8.49. The highest BCUT2D eigenvalue weighted by Crippen LogP contribution is 2.42. The smallest absolute Gasteiger partial charge is 0.325 e. The molecule has 1 aromatic carbocycles. The average molecular weight is 244 g/mol. The summed E-state index contributed by atoms with van der Waals surface area (Å²) in [5.74, 6) is -0.111. The Kier molecular flexibility index (Phi) is 2.65. The molecule has 2 rings (SSSR count). The first-order valence-corrected chi connectivity index (χ1v) is 4.97. The van der Waals surface area contributed by atoms with Crippen LogP contribution in [0.5, 0.6) is 11.5 Å². The summed E-state index contributed by atoms with van der Waals surface area (Å²) in [5, 5.41) is 9.15. The molecular formula is C10H10ClNO4. The lowest BCUT2D eigenvalue weighted by atomic mass is 10.0. The number of carbonyl (C=O) groups is 1. The van der Waals surface area contributed by atoms with Crippen LogP contribution >= 0.6 is 11.6 Å². The van der Waals surface area contributed by atoms with Gasteiger partial charge in [-0.2, -0.15) is 0 Å². The van der Waals surface area contributed by atoms with Gasteiger partial charge in [0.2, 0.25) is 6.79 Å². The van der Waals surface area contributed by atoms with Crippen LogP contribution in [0, 0.1) is 6.92 Å². The summed E-state index contributed by atoms with van der Waals surface area (Å²) in [5.41, 5.74) is 6.49. The molecule has 1 aliphatic rings. The molecule has 0 aliphatic carbocycles. The number of carboxylic acids is 1. The Bertz CT molecular complexity index is 461. The highest BCUT2D eigenvalue weighted by molar-refractivity contribution is 6.32. The highest BCUT2D eigenvalue weighted by atomic mass is 35.5. The second-order valence-corrected chi connectivity index (χ2v) is 3.83. The minimum atomic E-state index is -1.17. The lowest BCUT2D eigenvalue weighted by Crippen LogP contribution is -2.21. The van der Waals surface area contributed by atoms with Crippen molar-refractivity contribution in [3.63, 3.8) is 0 Å². The van der Waals surface area contributed by atoms with Crippen LogP contribution in [-0.4, -0.2) is 17.9 Å². The van der Waals surface area contributed by atoms with E-state index in [1.807, 2.05) is 0 Å². The lowest BCUT2D eigenvalue weighted by molar-refractivity contribution is -0.138. The van der Waals surface area contributed by atoms with Gasteiger partial charge in [0.05, 0.1) is 5.02 Å². The Morgan fingerprint density at radius 3 is 2.94 bits per heavy atom. The van der Waals surface area contributed by atoms with E-state index in [1.165, 1.54) is 6.07 Å². The Morgan fingerprint density at radius 2 is 2.31 bits per heavy atom. The molecule has 0 fully saturated rings. The summed E-state index contributed by atoms with van der Waals surface area (Å²) in [6.45, 7) is 1.84. The zero-order valence-corrected chi connectivity index (χ0v) is 9.25. The maximum Gasteiger partial charge on any atom is 0.325 e. The van der Waals surface area contributed by atoms with Gasteiger partial charge in [-0.15, -0.1) is 0 Å². The molecule has 86 valence electrons. The van der Waals surface area contributed by atoms with Gasteiger partial charge in [-0.05, 0) is 13.0 Å². The van der Waals surface area contributed by atoms with Crippen molar-refractivity contribution in [2.45, 2.75) is 13.0 Å². The van der Waals surface area contributed by atoms with Crippen LogP contribution in [0.3, 0.4) is 0 Å². The van der Waals surface area contributed by atoms with Crippen LogP contribution in [0.2, 0.25) is 5.02 Å². The molecule has 0 amide bonds. The Morgan fingerprint density at radius 1 is 1.62 bits per heavy atom. The molecule has 0 spiro atoms. The number of aliphatic carboxylic acids is 1. The van der Waals surface area contributed by atoms with Crippen LogP contribution in [0.15, 0.2) is 6.07 Å². The van der Waals surface area contributed by atoms with Crippen LogP contribution in [-0.2, 0) is 4.79 Å². The first kappa shape index (κ1) is 11.0. The van der Waals surface area contributed by atoms with Gasteiger partial charge in [0.1, 0.15) is 6.04 Å². The van der Waals surface area contributed by atoms with Crippen molar-refractivity contribution in [2.24, 2.45) is 5.73 Å². The van der Waals surface area contributed by atoms with Gasteiger partial charge < -0.3 is 20.3 Å². The number of hydrogen-bond donors (Lipinski definition) is 2. The number of rotatable bonds is 2. The van der Waals surface area contributed by atoms with Crippen molar-refractivity contribution in [3.05, 3.63) is 22.2 Å². The third-order valence-corrected chi connectivity index (χ3v) is 2.95. The number of fused-ring (bicyclic) bond motifs is 1. The molecule has 1 unspecified atom stereocenters. The van der Waals surface area contributed by atoms with Gasteiger partial charge in [-0.25, -0.2) is 0 Å². The van der Waals surface area contributed by atoms with Crippen molar-refractivity contribution in [1.82, 2.24) is 0 Å². The first-order valence-electron chi connectivity index (χ1n) is 4.59. The molecule has 1 aliphatic heterocycles. The molecule has 0 aromatic heterocycles. The molecule has 0 radical (unpaired) electrons. The quantitative estimate of drug-likeness (QED) is 0.822. The summed E-state index contributed by atoms with van der Waals surface area (Å²) in [6, 6.07) is 0.344. The lowest BCUT2D eigenvalue weighted by Gasteiger charge is -2.12. The standard InChI is InChI=1S/C10H10ClNO4/c1-4-7(11)5(8(12)10(13)14)2-6-9(4)16-3-15-6/h2,8H,3,12H2,1H3,(H,13,14). The number of carboxylic acid groups (broad SMARTS) is 1. The summed E-state index contributed by atoms with van der Waals surface area (Å²) in [6.07, 6.45) is 0. The largest absolute Gasteiger partial charge is 0.480 e. The molecule has 0 saturated heterocycles. The summed E-state index contributed by atoms with van der Waals surface area (Å²) in [7, 11) is 0. The summed E-state index contributed by atoms with van der Waals surface area (Å²) < 4.78 is 10.4. The number of halogens is 1.